The molecule has 0 radical (unpaired) electrons. The van der Waals surface area contributed by atoms with Gasteiger partial charge >= 0.3 is 5.76 Å². The molecule has 136 valence electrons. The van der Waals surface area contributed by atoms with Gasteiger partial charge in [0.25, 0.3) is 0 Å². The van der Waals surface area contributed by atoms with Crippen molar-refractivity contribution in [1.82, 2.24) is 9.88 Å². The minimum atomic E-state index is -0.656. The number of carbonyl (C=O) groups excluding carboxylic acids is 1. The molecular weight excluding hydrogens is 375 g/mol. The molecule has 0 saturated carbocycles. The molecule has 26 heavy (non-hydrogen) atoms. The van der Waals surface area contributed by atoms with Gasteiger partial charge in [0, 0.05) is 6.54 Å². The Bertz CT molecular complexity index is 994. The van der Waals surface area contributed by atoms with Crippen molar-refractivity contribution < 1.29 is 9.21 Å². The Labute approximate surface area is 160 Å². The Morgan fingerprint density at radius 1 is 1.19 bits per heavy atom. The van der Waals surface area contributed by atoms with Gasteiger partial charge in [0.15, 0.2) is 5.58 Å². The fourth-order valence-corrected chi connectivity index (χ4v) is 3.14. The molecule has 3 rings (SSSR count). The number of aryl methyl sites for hydroxylation is 1. The van der Waals surface area contributed by atoms with Crippen LogP contribution < -0.4 is 11.1 Å². The highest BCUT2D eigenvalue weighted by atomic mass is 35.5. The molecule has 0 spiro atoms. The van der Waals surface area contributed by atoms with E-state index in [2.05, 4.69) is 5.32 Å². The van der Waals surface area contributed by atoms with E-state index in [0.717, 1.165) is 18.4 Å². The summed E-state index contributed by atoms with van der Waals surface area (Å²) in [6, 6.07) is 11.9. The summed E-state index contributed by atoms with van der Waals surface area (Å²) < 4.78 is 6.54. The van der Waals surface area contributed by atoms with Crippen LogP contribution in [0, 0.1) is 0 Å². The van der Waals surface area contributed by atoms with Crippen LogP contribution in [0.5, 0.6) is 0 Å². The fourth-order valence-electron chi connectivity index (χ4n) is 2.82. The molecule has 1 atom stereocenters. The smallest absolute Gasteiger partial charge is 0.408 e. The van der Waals surface area contributed by atoms with E-state index in [1.807, 2.05) is 12.1 Å². The number of hydrogen-bond acceptors (Lipinski definition) is 3. The third-order valence-corrected chi connectivity index (χ3v) is 4.95. The third kappa shape index (κ3) is 3.94. The number of fused-ring (bicyclic) bond motifs is 1. The largest absolute Gasteiger partial charge is 0.420 e. The SMILES string of the molecule is CC(C(=O)NCCCc1ccc(Cl)c(Cl)c1)n1c(=O)oc2ccccc21. The van der Waals surface area contributed by atoms with Crippen molar-refractivity contribution in [3.05, 3.63) is 68.6 Å². The van der Waals surface area contributed by atoms with Gasteiger partial charge in [0.2, 0.25) is 5.91 Å². The molecule has 0 aliphatic heterocycles. The molecule has 1 amide bonds. The third-order valence-electron chi connectivity index (χ3n) is 4.21. The highest BCUT2D eigenvalue weighted by Gasteiger charge is 2.20. The van der Waals surface area contributed by atoms with E-state index < -0.39 is 11.8 Å². The van der Waals surface area contributed by atoms with Crippen molar-refractivity contribution in [2.45, 2.75) is 25.8 Å². The van der Waals surface area contributed by atoms with Crippen molar-refractivity contribution in [2.24, 2.45) is 0 Å². The number of hydrogen-bond donors (Lipinski definition) is 1. The lowest BCUT2D eigenvalue weighted by Crippen LogP contribution is -2.35. The van der Waals surface area contributed by atoms with E-state index in [1.54, 1.807) is 37.3 Å². The fraction of sp³-hybridized carbons (Fsp3) is 0.263. The second-order valence-electron chi connectivity index (χ2n) is 6.02. The normalized spacial score (nSPS) is 12.3. The van der Waals surface area contributed by atoms with Gasteiger partial charge in [-0.05, 0) is 49.6 Å². The van der Waals surface area contributed by atoms with Gasteiger partial charge in [-0.15, -0.1) is 0 Å². The number of nitrogens with one attached hydrogen (secondary N) is 1. The minimum Gasteiger partial charge on any atom is -0.408 e. The Morgan fingerprint density at radius 3 is 2.73 bits per heavy atom. The van der Waals surface area contributed by atoms with Crippen LogP contribution in [-0.2, 0) is 11.2 Å². The van der Waals surface area contributed by atoms with Crippen molar-refractivity contribution >= 4 is 40.2 Å². The maximum Gasteiger partial charge on any atom is 0.420 e. The lowest BCUT2D eigenvalue weighted by Gasteiger charge is -2.13. The average Bonchev–Trinajstić information content (AvgIpc) is 2.96. The first-order valence-corrected chi connectivity index (χ1v) is 9.04. The maximum atomic E-state index is 12.4. The lowest BCUT2D eigenvalue weighted by molar-refractivity contribution is -0.123. The van der Waals surface area contributed by atoms with E-state index in [0.29, 0.717) is 27.7 Å². The summed E-state index contributed by atoms with van der Waals surface area (Å²) in [6.07, 6.45) is 1.51. The number of oxazole rings is 1. The van der Waals surface area contributed by atoms with Crippen LogP contribution in [0.3, 0.4) is 0 Å². The second-order valence-corrected chi connectivity index (χ2v) is 6.84. The van der Waals surface area contributed by atoms with E-state index in [9.17, 15) is 9.59 Å². The number of nitrogens with zero attached hydrogens (tertiary/aromatic N) is 1. The number of carbonyl (C=O) groups is 1. The summed E-state index contributed by atoms with van der Waals surface area (Å²) in [4.78, 5) is 24.4. The number of rotatable bonds is 6. The molecule has 7 heteroatoms. The Hall–Kier alpha value is -2.24. The van der Waals surface area contributed by atoms with Crippen molar-refractivity contribution in [3.8, 4) is 0 Å². The molecule has 0 fully saturated rings. The van der Waals surface area contributed by atoms with Crippen molar-refractivity contribution in [3.63, 3.8) is 0 Å². The molecule has 3 aromatic rings. The van der Waals surface area contributed by atoms with Crippen molar-refractivity contribution in [1.29, 1.82) is 0 Å². The first-order valence-electron chi connectivity index (χ1n) is 8.29. The molecular formula is C19H18Cl2N2O3. The standard InChI is InChI=1S/C19H18Cl2N2O3/c1-12(23-16-6-2-3-7-17(16)26-19(23)25)18(24)22-10-4-5-13-8-9-14(20)15(21)11-13/h2-3,6-9,11-12H,4-5,10H2,1H3,(H,22,24). The molecule has 1 unspecified atom stereocenters. The van der Waals surface area contributed by atoms with E-state index in [4.69, 9.17) is 27.6 Å². The first kappa shape index (κ1) is 18.5. The predicted molar refractivity (Wildman–Crippen MR) is 103 cm³/mol. The average molecular weight is 393 g/mol. The molecule has 1 aromatic heterocycles. The summed E-state index contributed by atoms with van der Waals surface area (Å²) in [5, 5.41) is 3.90. The molecule has 1 N–H and O–H groups in total. The van der Waals surface area contributed by atoms with Gasteiger partial charge < -0.3 is 9.73 Å². The molecule has 0 saturated heterocycles. The topological polar surface area (TPSA) is 64.2 Å². The first-order chi connectivity index (χ1) is 12.5. The van der Waals surface area contributed by atoms with Gasteiger partial charge in [-0.2, -0.15) is 0 Å². The molecule has 0 bridgehead atoms. The van der Waals surface area contributed by atoms with E-state index in [1.165, 1.54) is 4.57 Å². The second kappa shape index (κ2) is 7.98. The van der Waals surface area contributed by atoms with Gasteiger partial charge in [-0.1, -0.05) is 41.4 Å². The number of benzene rings is 2. The zero-order valence-corrected chi connectivity index (χ0v) is 15.7. The highest BCUT2D eigenvalue weighted by molar-refractivity contribution is 6.42. The minimum absolute atomic E-state index is 0.229. The number of para-hydroxylation sites is 2. The van der Waals surface area contributed by atoms with E-state index in [-0.39, 0.29) is 5.91 Å². The van der Waals surface area contributed by atoms with Crippen LogP contribution >= 0.6 is 23.2 Å². The molecule has 0 aliphatic rings. The zero-order chi connectivity index (χ0) is 18.7. The molecule has 2 aromatic carbocycles. The Kier molecular flexibility index (Phi) is 5.69. The van der Waals surface area contributed by atoms with E-state index >= 15 is 0 Å². The Balaban J connectivity index is 1.58. The predicted octanol–water partition coefficient (Wildman–Crippen LogP) is 4.21. The van der Waals surface area contributed by atoms with Crippen LogP contribution in [0.1, 0.15) is 24.9 Å². The summed E-state index contributed by atoms with van der Waals surface area (Å²) in [6.45, 7) is 2.17. The number of halogens is 2. The molecule has 0 aliphatic carbocycles. The van der Waals surface area contributed by atoms with Gasteiger partial charge in [0.05, 0.1) is 15.6 Å². The Morgan fingerprint density at radius 2 is 1.96 bits per heavy atom. The van der Waals surface area contributed by atoms with Crippen LogP contribution in [-0.4, -0.2) is 17.0 Å². The zero-order valence-electron chi connectivity index (χ0n) is 14.2. The summed E-state index contributed by atoms with van der Waals surface area (Å²) >= 11 is 11.9. The van der Waals surface area contributed by atoms with Gasteiger partial charge in [0.1, 0.15) is 6.04 Å². The van der Waals surface area contributed by atoms with Gasteiger partial charge in [-0.25, -0.2) is 4.79 Å². The quantitative estimate of drug-likeness (QED) is 0.638. The maximum absolute atomic E-state index is 12.4. The summed E-state index contributed by atoms with van der Waals surface area (Å²) in [5.41, 5.74) is 2.13. The van der Waals surface area contributed by atoms with Crippen LogP contribution in [0.4, 0.5) is 0 Å². The number of aromatic nitrogens is 1. The molecule has 1 heterocycles. The summed E-state index contributed by atoms with van der Waals surface area (Å²) in [5.74, 6) is -0.766. The van der Waals surface area contributed by atoms with Crippen LogP contribution in [0.25, 0.3) is 11.1 Å². The van der Waals surface area contributed by atoms with Crippen LogP contribution in [0.2, 0.25) is 10.0 Å². The van der Waals surface area contributed by atoms with Gasteiger partial charge in [-0.3, -0.25) is 9.36 Å². The number of amides is 1. The summed E-state index contributed by atoms with van der Waals surface area (Å²) in [7, 11) is 0. The highest BCUT2D eigenvalue weighted by Crippen LogP contribution is 2.23. The van der Waals surface area contributed by atoms with Crippen molar-refractivity contribution in [2.75, 3.05) is 6.54 Å². The monoisotopic (exact) mass is 392 g/mol. The molecule has 5 nitrogen and oxygen atoms in total. The van der Waals surface area contributed by atoms with Crippen LogP contribution in [0.15, 0.2) is 51.7 Å². The lowest BCUT2D eigenvalue weighted by atomic mass is 10.1.